The van der Waals surface area contributed by atoms with E-state index in [1.54, 1.807) is 0 Å². The van der Waals surface area contributed by atoms with Crippen molar-refractivity contribution in [2.75, 3.05) is 13.2 Å². The van der Waals surface area contributed by atoms with Gasteiger partial charge >= 0.3 is 0 Å². The van der Waals surface area contributed by atoms with Crippen molar-refractivity contribution in [3.8, 4) is 0 Å². The summed E-state index contributed by atoms with van der Waals surface area (Å²) in [7, 11) is 0. The van der Waals surface area contributed by atoms with Crippen LogP contribution in [0.2, 0.25) is 0 Å². The maximum atomic E-state index is 13.1. The fourth-order valence-corrected chi connectivity index (χ4v) is 4.72. The lowest BCUT2D eigenvalue weighted by atomic mass is 9.81. The molecule has 2 N–H and O–H groups in total. The average molecular weight is 432 g/mol. The Kier molecular flexibility index (Phi) is 5.95. The van der Waals surface area contributed by atoms with E-state index in [1.807, 2.05) is 49.4 Å². The second-order valence-electron chi connectivity index (χ2n) is 8.80. The summed E-state index contributed by atoms with van der Waals surface area (Å²) >= 11 is 0. The predicted molar refractivity (Wildman–Crippen MR) is 125 cm³/mol. The van der Waals surface area contributed by atoms with Crippen LogP contribution < -0.4 is 5.32 Å². The molecule has 2 aliphatic rings. The summed E-state index contributed by atoms with van der Waals surface area (Å²) in [5.41, 5.74) is 4.78. The minimum Gasteiger partial charge on any atom is -0.387 e. The number of para-hydroxylation sites is 1. The summed E-state index contributed by atoms with van der Waals surface area (Å²) in [5.74, 6) is 0.329. The van der Waals surface area contributed by atoms with Gasteiger partial charge in [0.1, 0.15) is 0 Å². The summed E-state index contributed by atoms with van der Waals surface area (Å²) in [4.78, 5) is 22.1. The van der Waals surface area contributed by atoms with E-state index in [0.29, 0.717) is 19.1 Å². The lowest BCUT2D eigenvalue weighted by Crippen LogP contribution is -2.39. The number of nitrogens with zero attached hydrogens (tertiary/aromatic N) is 1. The number of ether oxygens (including phenoxy) is 1. The van der Waals surface area contributed by atoms with E-state index in [9.17, 15) is 4.79 Å². The smallest absolute Gasteiger partial charge is 0.253 e. The lowest BCUT2D eigenvalue weighted by molar-refractivity contribution is -0.129. The van der Waals surface area contributed by atoms with Crippen molar-refractivity contribution in [2.45, 2.75) is 44.8 Å². The van der Waals surface area contributed by atoms with Crippen molar-refractivity contribution in [3.63, 3.8) is 0 Å². The lowest BCUT2D eigenvalue weighted by Gasteiger charge is -2.30. The Balaban J connectivity index is 1.25. The van der Waals surface area contributed by atoms with E-state index >= 15 is 0 Å². The first kappa shape index (κ1) is 20.8. The van der Waals surface area contributed by atoms with Gasteiger partial charge in [-0.25, -0.2) is 0 Å². The number of benzene rings is 2. The van der Waals surface area contributed by atoms with Gasteiger partial charge in [-0.2, -0.15) is 0 Å². The molecule has 2 heterocycles. The molecule has 6 nitrogen and oxygen atoms in total. The first-order valence-electron chi connectivity index (χ1n) is 11.4. The third-order valence-electron chi connectivity index (χ3n) is 6.55. The molecule has 0 spiro atoms. The first-order valence-corrected chi connectivity index (χ1v) is 11.4. The molecule has 5 rings (SSSR count). The molecule has 2 aromatic carbocycles. The number of fused-ring (bicyclic) bond motifs is 1. The van der Waals surface area contributed by atoms with Gasteiger partial charge < -0.3 is 19.9 Å². The average Bonchev–Trinajstić information content (AvgIpc) is 3.12. The molecule has 32 heavy (non-hydrogen) atoms. The molecule has 0 unspecified atom stereocenters. The van der Waals surface area contributed by atoms with Gasteiger partial charge in [-0.05, 0) is 44.2 Å². The number of aromatic nitrogens is 1. The number of oxime groups is 1. The Hall–Kier alpha value is -3.12. The van der Waals surface area contributed by atoms with E-state index in [-0.39, 0.29) is 18.1 Å². The fraction of sp³-hybridized carbons (Fsp3) is 0.385. The van der Waals surface area contributed by atoms with Crippen LogP contribution in [-0.4, -0.2) is 42.0 Å². The van der Waals surface area contributed by atoms with Crippen LogP contribution in [0.4, 0.5) is 0 Å². The molecule has 3 aromatic rings. The number of aryl methyl sites for hydroxylation is 1. The molecule has 1 aliphatic carbocycles. The molecule has 166 valence electrons. The predicted octanol–water partition coefficient (Wildman–Crippen LogP) is 4.58. The summed E-state index contributed by atoms with van der Waals surface area (Å²) in [5, 5.41) is 8.81. The van der Waals surface area contributed by atoms with Crippen molar-refractivity contribution in [1.29, 1.82) is 0 Å². The maximum Gasteiger partial charge on any atom is 0.253 e. The van der Waals surface area contributed by atoms with Crippen LogP contribution >= 0.6 is 0 Å². The molecule has 0 atom stereocenters. The van der Waals surface area contributed by atoms with Gasteiger partial charge in [0.15, 0.2) is 6.10 Å². The third kappa shape index (κ3) is 4.28. The highest BCUT2D eigenvalue weighted by molar-refractivity contribution is 6.08. The van der Waals surface area contributed by atoms with E-state index in [0.717, 1.165) is 59.1 Å². The summed E-state index contributed by atoms with van der Waals surface area (Å²) in [6.45, 7) is 3.18. The number of nitrogens with one attached hydrogen (secondary N) is 2. The first-order chi connectivity index (χ1) is 15.7. The van der Waals surface area contributed by atoms with Crippen LogP contribution in [0.5, 0.6) is 0 Å². The molecule has 2 fully saturated rings. The molecular formula is C26H29N3O3. The number of amides is 1. The molecule has 0 bridgehead atoms. The minimum atomic E-state index is 0.00802. The number of rotatable bonds is 6. The molecule has 1 aliphatic heterocycles. The Morgan fingerprint density at radius 1 is 1.03 bits per heavy atom. The molecule has 1 saturated heterocycles. The highest BCUT2D eigenvalue weighted by atomic mass is 16.7. The molecule has 1 saturated carbocycles. The summed E-state index contributed by atoms with van der Waals surface area (Å²) < 4.78 is 5.20. The zero-order chi connectivity index (χ0) is 21.9. The van der Waals surface area contributed by atoms with Gasteiger partial charge in [0.2, 0.25) is 0 Å². The van der Waals surface area contributed by atoms with Crippen LogP contribution in [0, 0.1) is 12.8 Å². The number of hydrogen-bond acceptors (Lipinski definition) is 4. The van der Waals surface area contributed by atoms with Crippen molar-refractivity contribution in [2.24, 2.45) is 11.1 Å². The Bertz CT molecular complexity index is 1110. The van der Waals surface area contributed by atoms with Crippen LogP contribution in [0.3, 0.4) is 0 Å². The fourth-order valence-electron chi connectivity index (χ4n) is 4.72. The molecule has 6 heteroatoms. The third-order valence-corrected chi connectivity index (χ3v) is 6.55. The molecule has 1 amide bonds. The second-order valence-corrected chi connectivity index (χ2v) is 8.80. The highest BCUT2D eigenvalue weighted by Gasteiger charge is 2.29. The van der Waals surface area contributed by atoms with Gasteiger partial charge in [0, 0.05) is 28.6 Å². The van der Waals surface area contributed by atoms with Gasteiger partial charge in [-0.3, -0.25) is 4.79 Å². The number of carbonyl (C=O) groups excluding carboxylic acids is 1. The van der Waals surface area contributed by atoms with Crippen molar-refractivity contribution >= 4 is 22.5 Å². The van der Waals surface area contributed by atoms with E-state index < -0.39 is 0 Å². The zero-order valence-electron chi connectivity index (χ0n) is 18.3. The van der Waals surface area contributed by atoms with E-state index in [2.05, 4.69) is 27.6 Å². The topological polar surface area (TPSA) is 75.7 Å². The molecule has 1 aromatic heterocycles. The van der Waals surface area contributed by atoms with Gasteiger partial charge in [0.05, 0.1) is 24.5 Å². The number of aromatic amines is 1. The Morgan fingerprint density at radius 3 is 2.47 bits per heavy atom. The van der Waals surface area contributed by atoms with E-state index in [4.69, 9.17) is 9.57 Å². The normalized spacial score (nSPS) is 21.8. The van der Waals surface area contributed by atoms with Crippen LogP contribution in [0.25, 0.3) is 10.9 Å². The van der Waals surface area contributed by atoms with Crippen LogP contribution in [-0.2, 0) is 9.57 Å². The van der Waals surface area contributed by atoms with Gasteiger partial charge in [-0.1, -0.05) is 53.7 Å². The minimum absolute atomic E-state index is 0.00802. The Morgan fingerprint density at radius 2 is 1.75 bits per heavy atom. The number of hydrogen-bond donors (Lipinski definition) is 2. The van der Waals surface area contributed by atoms with E-state index in [1.165, 1.54) is 0 Å². The van der Waals surface area contributed by atoms with Crippen molar-refractivity contribution < 1.29 is 14.4 Å². The van der Waals surface area contributed by atoms with Gasteiger partial charge in [0.25, 0.3) is 5.91 Å². The quantitative estimate of drug-likeness (QED) is 0.443. The van der Waals surface area contributed by atoms with Crippen molar-refractivity contribution in [1.82, 2.24) is 10.3 Å². The maximum absolute atomic E-state index is 13.1. The number of H-pyrrole nitrogens is 1. The summed E-state index contributed by atoms with van der Waals surface area (Å²) in [6.07, 6.45) is 3.85. The largest absolute Gasteiger partial charge is 0.387 e. The highest BCUT2D eigenvalue weighted by Crippen LogP contribution is 2.29. The second kappa shape index (κ2) is 9.17. The van der Waals surface area contributed by atoms with Crippen molar-refractivity contribution in [3.05, 3.63) is 71.4 Å². The van der Waals surface area contributed by atoms with Crippen LogP contribution in [0.1, 0.15) is 47.3 Å². The molecular weight excluding hydrogens is 402 g/mol. The standard InChI is InChI=1S/C26H29N3O3/c1-17-24(22-9-5-6-10-23(22)27-17)26(30)28-20-13-11-19(12-14-20)25(18-7-3-2-4-8-18)29-32-21-15-31-16-21/h2-10,19-21,27H,11-16H2,1H3,(H,28,30)/b29-25+. The number of carbonyl (C=O) groups is 1. The Labute approximate surface area is 188 Å². The van der Waals surface area contributed by atoms with Crippen LogP contribution in [0.15, 0.2) is 59.8 Å². The molecule has 0 radical (unpaired) electrons. The zero-order valence-corrected chi connectivity index (χ0v) is 18.3. The SMILES string of the molecule is Cc1[nH]c2ccccc2c1C(=O)NC1CCC(/C(=N/OC2COC2)c2ccccc2)CC1. The summed E-state index contributed by atoms with van der Waals surface area (Å²) in [6, 6.07) is 18.4. The van der Waals surface area contributed by atoms with Gasteiger partial charge in [-0.15, -0.1) is 0 Å². The monoisotopic (exact) mass is 431 g/mol.